The van der Waals surface area contributed by atoms with Gasteiger partial charge < -0.3 is 15.1 Å². The Kier molecular flexibility index (Phi) is 4.34. The third-order valence-corrected chi connectivity index (χ3v) is 3.89. The molecule has 22 heavy (non-hydrogen) atoms. The molecule has 5 heteroatoms. The first kappa shape index (κ1) is 14.5. The van der Waals surface area contributed by atoms with E-state index in [1.165, 1.54) is 0 Å². The molecular weight excluding hydrogens is 276 g/mol. The molecule has 2 aromatic rings. The van der Waals surface area contributed by atoms with Crippen LogP contribution in [-0.4, -0.2) is 49.0 Å². The zero-order valence-corrected chi connectivity index (χ0v) is 12.7. The number of hydrogen-bond donors (Lipinski definition) is 1. The number of aromatic nitrogens is 1. The second kappa shape index (κ2) is 6.58. The molecule has 5 nitrogen and oxygen atoms in total. The van der Waals surface area contributed by atoms with Crippen molar-refractivity contribution < 1.29 is 4.79 Å². The van der Waals surface area contributed by atoms with E-state index in [9.17, 15) is 4.79 Å². The maximum absolute atomic E-state index is 12.3. The number of benzene rings is 1. The van der Waals surface area contributed by atoms with E-state index in [2.05, 4.69) is 27.1 Å². The molecule has 1 aromatic heterocycles. The fraction of sp³-hybridized carbons (Fsp3) is 0.294. The molecule has 1 N–H and O–H groups in total. The van der Waals surface area contributed by atoms with Crippen LogP contribution < -0.4 is 10.2 Å². The minimum atomic E-state index is -0.130. The number of nitrogens with zero attached hydrogens (tertiary/aromatic N) is 3. The molecule has 1 aliphatic heterocycles. The molecule has 0 unspecified atom stereocenters. The SMILES string of the molecule is CN1CCN(c2cncc(C(=O)Nc3ccccc3)c2)CC1. The van der Waals surface area contributed by atoms with Crippen molar-refractivity contribution in [3.63, 3.8) is 0 Å². The molecule has 0 spiro atoms. The highest BCUT2D eigenvalue weighted by molar-refractivity contribution is 6.04. The van der Waals surface area contributed by atoms with Crippen molar-refractivity contribution in [1.82, 2.24) is 9.88 Å². The molecule has 114 valence electrons. The van der Waals surface area contributed by atoms with E-state index in [0.717, 1.165) is 37.6 Å². The number of likely N-dealkylation sites (N-methyl/N-ethyl adjacent to an activating group) is 1. The summed E-state index contributed by atoms with van der Waals surface area (Å²) in [6.07, 6.45) is 3.43. The number of amides is 1. The van der Waals surface area contributed by atoms with Gasteiger partial charge in [-0.1, -0.05) is 18.2 Å². The van der Waals surface area contributed by atoms with Crippen molar-refractivity contribution in [1.29, 1.82) is 0 Å². The summed E-state index contributed by atoms with van der Waals surface area (Å²) >= 11 is 0. The van der Waals surface area contributed by atoms with Crippen LogP contribution in [0.1, 0.15) is 10.4 Å². The number of nitrogens with one attached hydrogen (secondary N) is 1. The predicted molar refractivity (Wildman–Crippen MR) is 88.3 cm³/mol. The van der Waals surface area contributed by atoms with Crippen LogP contribution in [-0.2, 0) is 0 Å². The number of hydrogen-bond acceptors (Lipinski definition) is 4. The van der Waals surface area contributed by atoms with E-state index in [4.69, 9.17) is 0 Å². The highest BCUT2D eigenvalue weighted by Crippen LogP contribution is 2.17. The van der Waals surface area contributed by atoms with Crippen LogP contribution in [0.4, 0.5) is 11.4 Å². The van der Waals surface area contributed by atoms with E-state index in [0.29, 0.717) is 5.56 Å². The van der Waals surface area contributed by atoms with Crippen molar-refractivity contribution >= 4 is 17.3 Å². The lowest BCUT2D eigenvalue weighted by Crippen LogP contribution is -2.44. The summed E-state index contributed by atoms with van der Waals surface area (Å²) in [7, 11) is 2.12. The Bertz CT molecular complexity index is 636. The zero-order valence-electron chi connectivity index (χ0n) is 12.7. The quantitative estimate of drug-likeness (QED) is 0.942. The topological polar surface area (TPSA) is 48.5 Å². The van der Waals surface area contributed by atoms with E-state index in [-0.39, 0.29) is 5.91 Å². The number of pyridine rings is 1. The van der Waals surface area contributed by atoms with Gasteiger partial charge in [0.1, 0.15) is 0 Å². The molecule has 0 aliphatic carbocycles. The maximum Gasteiger partial charge on any atom is 0.257 e. The smallest absolute Gasteiger partial charge is 0.257 e. The van der Waals surface area contributed by atoms with Gasteiger partial charge in [0.25, 0.3) is 5.91 Å². The lowest BCUT2D eigenvalue weighted by atomic mass is 10.2. The lowest BCUT2D eigenvalue weighted by molar-refractivity contribution is 0.102. The summed E-state index contributed by atoms with van der Waals surface area (Å²) in [5, 5.41) is 2.89. The molecule has 0 saturated carbocycles. The van der Waals surface area contributed by atoms with E-state index < -0.39 is 0 Å². The Morgan fingerprint density at radius 3 is 2.55 bits per heavy atom. The number of para-hydroxylation sites is 1. The Labute approximate surface area is 130 Å². The summed E-state index contributed by atoms with van der Waals surface area (Å²) in [6.45, 7) is 3.98. The predicted octanol–water partition coefficient (Wildman–Crippen LogP) is 2.09. The monoisotopic (exact) mass is 296 g/mol. The molecule has 1 saturated heterocycles. The van der Waals surface area contributed by atoms with E-state index in [1.54, 1.807) is 6.20 Å². The lowest BCUT2D eigenvalue weighted by Gasteiger charge is -2.33. The average Bonchev–Trinajstić information content (AvgIpc) is 2.56. The van der Waals surface area contributed by atoms with Gasteiger partial charge in [0.15, 0.2) is 0 Å². The molecule has 1 amide bonds. The number of carbonyl (C=O) groups is 1. The number of anilines is 2. The Morgan fingerprint density at radius 1 is 1.09 bits per heavy atom. The van der Waals surface area contributed by atoms with Gasteiger partial charge in [-0.15, -0.1) is 0 Å². The zero-order chi connectivity index (χ0) is 15.4. The van der Waals surface area contributed by atoms with Crippen molar-refractivity contribution in [2.45, 2.75) is 0 Å². The first-order valence-corrected chi connectivity index (χ1v) is 7.47. The molecule has 2 heterocycles. The standard InChI is InChI=1S/C17H20N4O/c1-20-7-9-21(10-8-20)16-11-14(12-18-13-16)17(22)19-15-5-3-2-4-6-15/h2-6,11-13H,7-10H2,1H3,(H,19,22). The molecule has 1 fully saturated rings. The molecule has 1 aliphatic rings. The van der Waals surface area contributed by atoms with Gasteiger partial charge in [0.2, 0.25) is 0 Å². The van der Waals surface area contributed by atoms with Crippen LogP contribution in [0, 0.1) is 0 Å². The Hall–Kier alpha value is -2.40. The Balaban J connectivity index is 1.72. The second-order valence-electron chi connectivity index (χ2n) is 5.54. The van der Waals surface area contributed by atoms with Crippen LogP contribution in [0.15, 0.2) is 48.8 Å². The summed E-state index contributed by atoms with van der Waals surface area (Å²) in [4.78, 5) is 21.1. The van der Waals surface area contributed by atoms with Crippen molar-refractivity contribution in [2.24, 2.45) is 0 Å². The minimum absolute atomic E-state index is 0.130. The van der Waals surface area contributed by atoms with E-state index >= 15 is 0 Å². The number of piperazine rings is 1. The van der Waals surface area contributed by atoms with Crippen LogP contribution in [0.5, 0.6) is 0 Å². The number of rotatable bonds is 3. The first-order chi connectivity index (χ1) is 10.7. The third kappa shape index (κ3) is 3.43. The third-order valence-electron chi connectivity index (χ3n) is 3.89. The van der Waals surface area contributed by atoms with Crippen LogP contribution in [0.25, 0.3) is 0 Å². The van der Waals surface area contributed by atoms with Gasteiger partial charge >= 0.3 is 0 Å². The second-order valence-corrected chi connectivity index (χ2v) is 5.54. The highest BCUT2D eigenvalue weighted by Gasteiger charge is 2.16. The summed E-state index contributed by atoms with van der Waals surface area (Å²) in [5.74, 6) is -0.130. The summed E-state index contributed by atoms with van der Waals surface area (Å²) in [6, 6.07) is 11.4. The largest absolute Gasteiger partial charge is 0.368 e. The minimum Gasteiger partial charge on any atom is -0.368 e. The summed E-state index contributed by atoms with van der Waals surface area (Å²) < 4.78 is 0. The Morgan fingerprint density at radius 2 is 1.82 bits per heavy atom. The van der Waals surface area contributed by atoms with Gasteiger partial charge in [0.05, 0.1) is 17.4 Å². The molecule has 3 rings (SSSR count). The van der Waals surface area contributed by atoms with Crippen molar-refractivity contribution in [3.05, 3.63) is 54.4 Å². The normalized spacial score (nSPS) is 15.6. The van der Waals surface area contributed by atoms with Gasteiger partial charge in [-0.2, -0.15) is 0 Å². The molecule has 1 aromatic carbocycles. The molecule has 0 bridgehead atoms. The van der Waals surface area contributed by atoms with Gasteiger partial charge in [0, 0.05) is 38.1 Å². The summed E-state index contributed by atoms with van der Waals surface area (Å²) in [5.41, 5.74) is 2.38. The maximum atomic E-state index is 12.3. The van der Waals surface area contributed by atoms with E-state index in [1.807, 2.05) is 42.6 Å². The van der Waals surface area contributed by atoms with Crippen molar-refractivity contribution in [3.8, 4) is 0 Å². The van der Waals surface area contributed by atoms with Crippen LogP contribution in [0.3, 0.4) is 0 Å². The van der Waals surface area contributed by atoms with Crippen LogP contribution >= 0.6 is 0 Å². The fourth-order valence-corrected chi connectivity index (χ4v) is 2.51. The average molecular weight is 296 g/mol. The van der Waals surface area contributed by atoms with Crippen molar-refractivity contribution in [2.75, 3.05) is 43.4 Å². The fourth-order valence-electron chi connectivity index (χ4n) is 2.51. The molecule has 0 atom stereocenters. The molecular formula is C17H20N4O. The van der Waals surface area contributed by atoms with Gasteiger partial charge in [-0.3, -0.25) is 9.78 Å². The van der Waals surface area contributed by atoms with Gasteiger partial charge in [-0.25, -0.2) is 0 Å². The highest BCUT2D eigenvalue weighted by atomic mass is 16.1. The van der Waals surface area contributed by atoms with Crippen LogP contribution in [0.2, 0.25) is 0 Å². The molecule has 0 radical (unpaired) electrons. The first-order valence-electron chi connectivity index (χ1n) is 7.47. The van der Waals surface area contributed by atoms with Gasteiger partial charge in [-0.05, 0) is 25.2 Å². The number of carbonyl (C=O) groups excluding carboxylic acids is 1.